The molecule has 0 saturated heterocycles. The first-order chi connectivity index (χ1) is 9.04. The van der Waals surface area contributed by atoms with E-state index in [0.717, 1.165) is 23.5 Å². The summed E-state index contributed by atoms with van der Waals surface area (Å²) in [6, 6.07) is 5.73. The molecule has 1 heterocycles. The van der Waals surface area contributed by atoms with Crippen molar-refractivity contribution in [3.05, 3.63) is 40.2 Å². The molecule has 102 valence electrons. The van der Waals surface area contributed by atoms with Crippen LogP contribution in [0.4, 0.5) is 5.69 Å². The first-order valence-corrected chi connectivity index (χ1v) is 6.62. The quantitative estimate of drug-likeness (QED) is 0.874. The number of nitrogens with two attached hydrogens (primary N) is 1. The van der Waals surface area contributed by atoms with Crippen LogP contribution in [0.15, 0.2) is 18.2 Å². The minimum atomic E-state index is 0.362. The summed E-state index contributed by atoms with van der Waals surface area (Å²) in [5, 5.41) is 5.01. The van der Waals surface area contributed by atoms with Gasteiger partial charge in [-0.1, -0.05) is 23.7 Å². The van der Waals surface area contributed by atoms with Gasteiger partial charge in [-0.05, 0) is 32.4 Å². The highest BCUT2D eigenvalue weighted by molar-refractivity contribution is 6.31. The molecule has 0 unspecified atom stereocenters. The van der Waals surface area contributed by atoms with Crippen LogP contribution in [0.5, 0.6) is 5.75 Å². The average molecular weight is 280 g/mol. The third-order valence-corrected chi connectivity index (χ3v) is 3.59. The second kappa shape index (κ2) is 5.53. The summed E-state index contributed by atoms with van der Waals surface area (Å²) in [4.78, 5) is 0. The fourth-order valence-corrected chi connectivity index (χ4v) is 2.12. The predicted molar refractivity (Wildman–Crippen MR) is 77.6 cm³/mol. The molecule has 2 aromatic rings. The third kappa shape index (κ3) is 2.68. The lowest BCUT2D eigenvalue weighted by molar-refractivity contribution is 0.294. The molecule has 0 bridgehead atoms. The minimum Gasteiger partial charge on any atom is -0.485 e. The Morgan fingerprint density at radius 1 is 1.37 bits per heavy atom. The maximum Gasteiger partial charge on any atom is 0.143 e. The van der Waals surface area contributed by atoms with Crippen molar-refractivity contribution >= 4 is 17.3 Å². The number of hydrogen-bond acceptors (Lipinski definition) is 3. The highest BCUT2D eigenvalue weighted by atomic mass is 35.5. The standard InChI is InChI=1S/C14H18ClN3O/c1-4-18-11(13(15)10(3)17-18)8-19-12-7-5-6-9(2)14(12)16/h5-7H,4,8,16H2,1-3H3. The van der Waals surface area contributed by atoms with E-state index in [1.54, 1.807) is 0 Å². The molecule has 4 nitrogen and oxygen atoms in total. The number of rotatable bonds is 4. The van der Waals surface area contributed by atoms with Crippen LogP contribution in [0.25, 0.3) is 0 Å². The van der Waals surface area contributed by atoms with Crippen molar-refractivity contribution in [3.63, 3.8) is 0 Å². The SMILES string of the molecule is CCn1nc(C)c(Cl)c1COc1cccc(C)c1N. The van der Waals surface area contributed by atoms with Gasteiger partial charge in [0, 0.05) is 6.54 Å². The summed E-state index contributed by atoms with van der Waals surface area (Å²) < 4.78 is 7.62. The maximum absolute atomic E-state index is 6.24. The molecule has 5 heteroatoms. The van der Waals surface area contributed by atoms with Gasteiger partial charge in [0.15, 0.2) is 0 Å². The molecule has 0 aliphatic heterocycles. The molecule has 0 saturated carbocycles. The lowest BCUT2D eigenvalue weighted by Crippen LogP contribution is -2.07. The Bertz CT molecular complexity index is 593. The molecule has 0 radical (unpaired) electrons. The fourth-order valence-electron chi connectivity index (χ4n) is 1.93. The number of para-hydroxylation sites is 1. The number of halogens is 1. The number of nitrogen functional groups attached to an aromatic ring is 1. The van der Waals surface area contributed by atoms with Gasteiger partial charge in [-0.2, -0.15) is 5.10 Å². The van der Waals surface area contributed by atoms with E-state index >= 15 is 0 Å². The summed E-state index contributed by atoms with van der Waals surface area (Å²) in [5.41, 5.74) is 9.34. The first-order valence-electron chi connectivity index (χ1n) is 6.24. The lowest BCUT2D eigenvalue weighted by atomic mass is 10.2. The molecule has 0 aliphatic rings. The Morgan fingerprint density at radius 2 is 2.11 bits per heavy atom. The monoisotopic (exact) mass is 279 g/mol. The summed E-state index contributed by atoms with van der Waals surface area (Å²) in [5.74, 6) is 0.678. The van der Waals surface area contributed by atoms with Gasteiger partial charge in [-0.3, -0.25) is 4.68 Å². The van der Waals surface area contributed by atoms with E-state index in [1.807, 2.05) is 43.7 Å². The zero-order valence-corrected chi connectivity index (χ0v) is 12.2. The molecular formula is C14H18ClN3O. The molecule has 19 heavy (non-hydrogen) atoms. The number of aryl methyl sites for hydroxylation is 3. The van der Waals surface area contributed by atoms with E-state index in [-0.39, 0.29) is 0 Å². The Balaban J connectivity index is 2.21. The molecular weight excluding hydrogens is 262 g/mol. The Kier molecular flexibility index (Phi) is 4.00. The van der Waals surface area contributed by atoms with Gasteiger partial charge >= 0.3 is 0 Å². The van der Waals surface area contributed by atoms with Gasteiger partial charge in [0.25, 0.3) is 0 Å². The van der Waals surface area contributed by atoms with Crippen molar-refractivity contribution in [1.29, 1.82) is 0 Å². The van der Waals surface area contributed by atoms with Crippen LogP contribution in [0.2, 0.25) is 5.02 Å². The number of benzene rings is 1. The first kappa shape index (κ1) is 13.7. The van der Waals surface area contributed by atoms with Gasteiger partial charge in [0.1, 0.15) is 12.4 Å². The number of hydrogen-bond donors (Lipinski definition) is 1. The number of anilines is 1. The van der Waals surface area contributed by atoms with E-state index < -0.39 is 0 Å². The van der Waals surface area contributed by atoms with Gasteiger partial charge < -0.3 is 10.5 Å². The molecule has 0 spiro atoms. The van der Waals surface area contributed by atoms with Gasteiger partial charge in [-0.25, -0.2) is 0 Å². The second-order valence-electron chi connectivity index (χ2n) is 4.44. The van der Waals surface area contributed by atoms with Crippen LogP contribution >= 0.6 is 11.6 Å². The van der Waals surface area contributed by atoms with Crippen LogP contribution in [0, 0.1) is 13.8 Å². The fraction of sp³-hybridized carbons (Fsp3) is 0.357. The van der Waals surface area contributed by atoms with Gasteiger partial charge in [-0.15, -0.1) is 0 Å². The molecule has 0 atom stereocenters. The van der Waals surface area contributed by atoms with Crippen LogP contribution in [0.3, 0.4) is 0 Å². The molecule has 2 rings (SSSR count). The summed E-state index contributed by atoms with van der Waals surface area (Å²) >= 11 is 6.24. The van der Waals surface area contributed by atoms with E-state index in [1.165, 1.54) is 0 Å². The number of aromatic nitrogens is 2. The zero-order valence-electron chi connectivity index (χ0n) is 11.4. The molecule has 0 aliphatic carbocycles. The van der Waals surface area contributed by atoms with Crippen molar-refractivity contribution in [2.75, 3.05) is 5.73 Å². The average Bonchev–Trinajstić information content (AvgIpc) is 2.67. The molecule has 2 N–H and O–H groups in total. The van der Waals surface area contributed by atoms with Gasteiger partial charge in [0.05, 0.1) is 22.1 Å². The summed E-state index contributed by atoms with van der Waals surface area (Å²) in [6.07, 6.45) is 0. The van der Waals surface area contributed by atoms with E-state index in [4.69, 9.17) is 22.1 Å². The molecule has 1 aromatic heterocycles. The van der Waals surface area contributed by atoms with Crippen molar-refractivity contribution in [1.82, 2.24) is 9.78 Å². The van der Waals surface area contributed by atoms with Crippen LogP contribution in [-0.2, 0) is 13.2 Å². The van der Waals surface area contributed by atoms with E-state index in [9.17, 15) is 0 Å². The Hall–Kier alpha value is -1.68. The smallest absolute Gasteiger partial charge is 0.143 e. The van der Waals surface area contributed by atoms with Crippen LogP contribution < -0.4 is 10.5 Å². The van der Waals surface area contributed by atoms with Crippen molar-refractivity contribution < 1.29 is 4.74 Å². The lowest BCUT2D eigenvalue weighted by Gasteiger charge is -2.11. The van der Waals surface area contributed by atoms with Gasteiger partial charge in [0.2, 0.25) is 0 Å². The topological polar surface area (TPSA) is 53.1 Å². The Morgan fingerprint density at radius 3 is 2.79 bits per heavy atom. The summed E-state index contributed by atoms with van der Waals surface area (Å²) in [6.45, 7) is 6.98. The van der Waals surface area contributed by atoms with E-state index in [0.29, 0.717) is 23.1 Å². The molecule has 0 fully saturated rings. The van der Waals surface area contributed by atoms with Crippen molar-refractivity contribution in [2.45, 2.75) is 33.9 Å². The summed E-state index contributed by atoms with van der Waals surface area (Å²) in [7, 11) is 0. The highest BCUT2D eigenvalue weighted by Crippen LogP contribution is 2.27. The van der Waals surface area contributed by atoms with Crippen molar-refractivity contribution in [3.8, 4) is 5.75 Å². The molecule has 1 aromatic carbocycles. The van der Waals surface area contributed by atoms with Crippen molar-refractivity contribution in [2.24, 2.45) is 0 Å². The van der Waals surface area contributed by atoms with E-state index in [2.05, 4.69) is 5.10 Å². The minimum absolute atomic E-state index is 0.362. The molecule has 0 amide bonds. The highest BCUT2D eigenvalue weighted by Gasteiger charge is 2.13. The largest absolute Gasteiger partial charge is 0.485 e. The van der Waals surface area contributed by atoms with Crippen LogP contribution in [-0.4, -0.2) is 9.78 Å². The van der Waals surface area contributed by atoms with Crippen LogP contribution in [0.1, 0.15) is 23.9 Å². The maximum atomic E-state index is 6.24. The predicted octanol–water partition coefficient (Wildman–Crippen LogP) is 3.33. The Labute approximate surface area is 118 Å². The zero-order chi connectivity index (χ0) is 14.0. The second-order valence-corrected chi connectivity index (χ2v) is 4.82. The third-order valence-electron chi connectivity index (χ3n) is 3.10. The normalized spacial score (nSPS) is 10.7. The number of ether oxygens (including phenoxy) is 1. The number of nitrogens with zero attached hydrogens (tertiary/aromatic N) is 2.